The van der Waals surface area contributed by atoms with Gasteiger partial charge in [-0.3, -0.25) is 4.79 Å². The van der Waals surface area contributed by atoms with Crippen LogP contribution in [0.4, 0.5) is 4.39 Å². The fourth-order valence-corrected chi connectivity index (χ4v) is 1.79. The Hall–Kier alpha value is -1.64. The first kappa shape index (κ1) is 10.9. The summed E-state index contributed by atoms with van der Waals surface area (Å²) in [7, 11) is 0. The molecule has 16 heavy (non-hydrogen) atoms. The number of Topliss-reactive ketones (excluding diaryl/α,β-unsaturated/α-hetero) is 1. The van der Waals surface area contributed by atoms with E-state index >= 15 is 0 Å². The number of carbonyl (C=O) groups excluding carboxylic acids is 1. The highest BCUT2D eigenvalue weighted by atomic mass is 19.1. The molecule has 1 aromatic heterocycles. The monoisotopic (exact) mass is 219 g/mol. The lowest BCUT2D eigenvalue weighted by Gasteiger charge is -2.06. The van der Waals surface area contributed by atoms with Crippen molar-refractivity contribution in [2.45, 2.75) is 20.3 Å². The van der Waals surface area contributed by atoms with Crippen LogP contribution in [0.3, 0.4) is 0 Å². The molecule has 0 fully saturated rings. The third-order valence-electron chi connectivity index (χ3n) is 2.98. The average Bonchev–Trinajstić information content (AvgIpc) is 2.72. The smallest absolute Gasteiger partial charge is 0.167 e. The minimum atomic E-state index is -0.342. The maximum absolute atomic E-state index is 13.6. The molecule has 0 spiro atoms. The first-order valence-corrected chi connectivity index (χ1v) is 5.45. The Morgan fingerprint density at radius 1 is 1.50 bits per heavy atom. The second-order valence-corrected chi connectivity index (χ2v) is 4.04. The van der Waals surface area contributed by atoms with E-state index in [9.17, 15) is 9.18 Å². The molecule has 3 heteroatoms. The first-order valence-electron chi connectivity index (χ1n) is 5.45. The van der Waals surface area contributed by atoms with E-state index in [1.165, 1.54) is 6.07 Å². The van der Waals surface area contributed by atoms with Crippen molar-refractivity contribution >= 4 is 16.7 Å². The molecule has 2 rings (SSSR count). The van der Waals surface area contributed by atoms with Gasteiger partial charge in [0.25, 0.3) is 0 Å². The van der Waals surface area contributed by atoms with Crippen LogP contribution in [0.1, 0.15) is 30.6 Å². The predicted molar refractivity (Wildman–Crippen MR) is 62.0 cm³/mol. The fraction of sp³-hybridized carbons (Fsp3) is 0.308. The highest BCUT2D eigenvalue weighted by molar-refractivity contribution is 6.08. The molecule has 0 amide bonds. The van der Waals surface area contributed by atoms with Gasteiger partial charge in [0.2, 0.25) is 0 Å². The topological polar surface area (TPSA) is 32.9 Å². The number of nitrogens with one attached hydrogen (secondary N) is 1. The van der Waals surface area contributed by atoms with Crippen molar-refractivity contribution in [1.82, 2.24) is 4.98 Å². The molecule has 1 N–H and O–H groups in total. The van der Waals surface area contributed by atoms with Crippen molar-refractivity contribution in [1.29, 1.82) is 0 Å². The van der Waals surface area contributed by atoms with Crippen LogP contribution in [0.15, 0.2) is 24.4 Å². The number of hydrogen-bond acceptors (Lipinski definition) is 1. The molecule has 1 atom stereocenters. The largest absolute Gasteiger partial charge is 0.360 e. The molecule has 0 aliphatic rings. The first-order chi connectivity index (χ1) is 7.65. The molecular weight excluding hydrogens is 205 g/mol. The summed E-state index contributed by atoms with van der Waals surface area (Å²) < 4.78 is 13.6. The second kappa shape index (κ2) is 4.08. The molecule has 0 aliphatic heterocycles. The van der Waals surface area contributed by atoms with Gasteiger partial charge in [-0.05, 0) is 18.6 Å². The number of fused-ring (bicyclic) bond motifs is 1. The molecule has 0 radical (unpaired) electrons. The van der Waals surface area contributed by atoms with Crippen LogP contribution in [0.25, 0.3) is 10.9 Å². The second-order valence-electron chi connectivity index (χ2n) is 4.04. The molecule has 0 aliphatic carbocycles. The highest BCUT2D eigenvalue weighted by Gasteiger charge is 2.19. The van der Waals surface area contributed by atoms with Gasteiger partial charge in [-0.15, -0.1) is 0 Å². The number of hydrogen-bond donors (Lipinski definition) is 1. The molecular formula is C13H14FNO. The molecule has 1 heterocycles. The number of halogens is 1. The number of ketones is 1. The minimum Gasteiger partial charge on any atom is -0.360 e. The van der Waals surface area contributed by atoms with Gasteiger partial charge in [0, 0.05) is 28.6 Å². The zero-order valence-corrected chi connectivity index (χ0v) is 9.38. The Balaban J connectivity index is 2.57. The van der Waals surface area contributed by atoms with Gasteiger partial charge >= 0.3 is 0 Å². The van der Waals surface area contributed by atoms with E-state index in [-0.39, 0.29) is 17.5 Å². The number of aromatic amines is 1. The van der Waals surface area contributed by atoms with Crippen molar-refractivity contribution in [3.05, 3.63) is 35.8 Å². The van der Waals surface area contributed by atoms with E-state index in [0.29, 0.717) is 16.5 Å². The van der Waals surface area contributed by atoms with Gasteiger partial charge in [0.15, 0.2) is 5.78 Å². The van der Waals surface area contributed by atoms with Gasteiger partial charge in [-0.1, -0.05) is 19.9 Å². The Labute approximate surface area is 93.5 Å². The Kier molecular flexibility index (Phi) is 2.77. The summed E-state index contributed by atoms with van der Waals surface area (Å²) in [5, 5.41) is 0.410. The number of H-pyrrole nitrogens is 1. The van der Waals surface area contributed by atoms with Crippen LogP contribution < -0.4 is 0 Å². The van der Waals surface area contributed by atoms with Crippen LogP contribution in [0.2, 0.25) is 0 Å². The van der Waals surface area contributed by atoms with Crippen molar-refractivity contribution in [2.24, 2.45) is 5.92 Å². The van der Waals surface area contributed by atoms with E-state index in [1.807, 2.05) is 13.8 Å². The number of rotatable bonds is 3. The predicted octanol–water partition coefficient (Wildman–Crippen LogP) is 3.54. The maximum Gasteiger partial charge on any atom is 0.167 e. The standard InChI is InChI=1S/C13H14FNO/c1-3-8(2)13(16)9-7-15-11-6-4-5-10(14)12(9)11/h4-8,15H,3H2,1-2H3. The minimum absolute atomic E-state index is 0.00106. The summed E-state index contributed by atoms with van der Waals surface area (Å²) >= 11 is 0. The van der Waals surface area contributed by atoms with Crippen molar-refractivity contribution in [3.8, 4) is 0 Å². The summed E-state index contributed by atoms with van der Waals surface area (Å²) in [6, 6.07) is 4.78. The fourth-order valence-electron chi connectivity index (χ4n) is 1.79. The van der Waals surface area contributed by atoms with E-state index in [0.717, 1.165) is 6.42 Å². The molecule has 0 saturated carbocycles. The summed E-state index contributed by atoms with van der Waals surface area (Å²) in [6.45, 7) is 3.82. The molecule has 0 saturated heterocycles. The Morgan fingerprint density at radius 3 is 2.94 bits per heavy atom. The van der Waals surface area contributed by atoms with Gasteiger partial charge in [-0.2, -0.15) is 0 Å². The lowest BCUT2D eigenvalue weighted by Crippen LogP contribution is -2.09. The molecule has 2 nitrogen and oxygen atoms in total. The molecule has 2 aromatic rings. The summed E-state index contributed by atoms with van der Waals surface area (Å²) in [5.41, 5.74) is 1.13. The zero-order chi connectivity index (χ0) is 11.7. The van der Waals surface area contributed by atoms with Crippen LogP contribution in [-0.4, -0.2) is 10.8 Å². The van der Waals surface area contributed by atoms with Crippen LogP contribution in [0, 0.1) is 11.7 Å². The Bertz CT molecular complexity index is 530. The normalized spacial score (nSPS) is 12.9. The van der Waals surface area contributed by atoms with E-state index in [1.54, 1.807) is 18.3 Å². The SMILES string of the molecule is CCC(C)C(=O)c1c[nH]c2cccc(F)c12. The quantitative estimate of drug-likeness (QED) is 0.787. The van der Waals surface area contributed by atoms with Gasteiger partial charge in [0.1, 0.15) is 5.82 Å². The van der Waals surface area contributed by atoms with Crippen LogP contribution in [0.5, 0.6) is 0 Å². The number of carbonyl (C=O) groups is 1. The van der Waals surface area contributed by atoms with Gasteiger partial charge < -0.3 is 4.98 Å². The average molecular weight is 219 g/mol. The summed E-state index contributed by atoms with van der Waals surface area (Å²) in [6.07, 6.45) is 2.36. The lowest BCUT2D eigenvalue weighted by molar-refractivity contribution is 0.0929. The van der Waals surface area contributed by atoms with Crippen LogP contribution >= 0.6 is 0 Å². The number of benzene rings is 1. The van der Waals surface area contributed by atoms with E-state index in [4.69, 9.17) is 0 Å². The van der Waals surface area contributed by atoms with Crippen molar-refractivity contribution < 1.29 is 9.18 Å². The van der Waals surface area contributed by atoms with Gasteiger partial charge in [0.05, 0.1) is 0 Å². The lowest BCUT2D eigenvalue weighted by atomic mass is 9.97. The molecule has 1 aromatic carbocycles. The van der Waals surface area contributed by atoms with Crippen molar-refractivity contribution in [3.63, 3.8) is 0 Å². The summed E-state index contributed by atoms with van der Waals surface area (Å²) in [5.74, 6) is -0.414. The van der Waals surface area contributed by atoms with Crippen molar-refractivity contribution in [2.75, 3.05) is 0 Å². The molecule has 84 valence electrons. The highest BCUT2D eigenvalue weighted by Crippen LogP contribution is 2.24. The van der Waals surface area contributed by atoms with E-state index in [2.05, 4.69) is 4.98 Å². The Morgan fingerprint density at radius 2 is 2.25 bits per heavy atom. The zero-order valence-electron chi connectivity index (χ0n) is 9.38. The third-order valence-corrected chi connectivity index (χ3v) is 2.98. The third kappa shape index (κ3) is 1.62. The maximum atomic E-state index is 13.6. The molecule has 0 bridgehead atoms. The van der Waals surface area contributed by atoms with Crippen LogP contribution in [-0.2, 0) is 0 Å². The van der Waals surface area contributed by atoms with Gasteiger partial charge in [-0.25, -0.2) is 4.39 Å². The molecule has 1 unspecified atom stereocenters. The number of aromatic nitrogens is 1. The van der Waals surface area contributed by atoms with E-state index < -0.39 is 0 Å². The summed E-state index contributed by atoms with van der Waals surface area (Å²) in [4.78, 5) is 14.9.